The largest absolute Gasteiger partial charge is 0.398 e. The Morgan fingerprint density at radius 3 is 2.58 bits per heavy atom. The fourth-order valence-corrected chi connectivity index (χ4v) is 2.21. The molecule has 0 aliphatic carbocycles. The van der Waals surface area contributed by atoms with Crippen LogP contribution < -0.4 is 11.1 Å². The van der Waals surface area contributed by atoms with Crippen molar-refractivity contribution in [3.8, 4) is 0 Å². The van der Waals surface area contributed by atoms with E-state index in [1.165, 1.54) is 6.07 Å². The maximum Gasteiger partial charge on any atom is 0.253 e. The van der Waals surface area contributed by atoms with Crippen molar-refractivity contribution >= 4 is 23.2 Å². The third kappa shape index (κ3) is 4.40. The highest BCUT2D eigenvalue weighted by molar-refractivity contribution is 6.31. The molecule has 1 rings (SSSR count). The molecule has 0 aromatic heterocycles. The molecule has 1 aromatic carbocycles. The lowest BCUT2D eigenvalue weighted by molar-refractivity contribution is 0.0817. The summed E-state index contributed by atoms with van der Waals surface area (Å²) in [5, 5.41) is 13.1. The molecule has 1 amide bonds. The third-order valence-electron chi connectivity index (χ3n) is 3.32. The standard InChI is InChI=1S/C14H21ClN2O2/c1-3-9(4-2)13(18)8-17-14(19)11-6-5-10(15)7-12(11)16/h5-7,9,13,18H,3-4,8,16H2,1-2H3,(H,17,19). The molecule has 0 saturated heterocycles. The maximum absolute atomic E-state index is 11.9. The molecule has 106 valence electrons. The molecule has 5 heteroatoms. The zero-order valence-electron chi connectivity index (χ0n) is 11.3. The summed E-state index contributed by atoms with van der Waals surface area (Å²) in [6.07, 6.45) is 1.24. The van der Waals surface area contributed by atoms with Crippen LogP contribution in [0.1, 0.15) is 37.0 Å². The van der Waals surface area contributed by atoms with Gasteiger partial charge in [-0.1, -0.05) is 38.3 Å². The first-order chi connectivity index (χ1) is 8.99. The molecule has 1 aromatic rings. The number of nitrogens with one attached hydrogen (secondary N) is 1. The Bertz CT molecular complexity index is 433. The van der Waals surface area contributed by atoms with Crippen LogP contribution in [0.15, 0.2) is 18.2 Å². The summed E-state index contributed by atoms with van der Waals surface area (Å²) in [6, 6.07) is 4.73. The predicted molar refractivity (Wildman–Crippen MR) is 78.3 cm³/mol. The van der Waals surface area contributed by atoms with Gasteiger partial charge >= 0.3 is 0 Å². The zero-order chi connectivity index (χ0) is 14.4. The average molecular weight is 285 g/mol. The smallest absolute Gasteiger partial charge is 0.253 e. The van der Waals surface area contributed by atoms with E-state index in [0.717, 1.165) is 12.8 Å². The Hall–Kier alpha value is -1.26. The second-order valence-electron chi connectivity index (χ2n) is 4.59. The first kappa shape index (κ1) is 15.8. The lowest BCUT2D eigenvalue weighted by atomic mass is 9.96. The Kier molecular flexibility index (Phi) is 6.12. The van der Waals surface area contributed by atoms with Crippen molar-refractivity contribution in [3.05, 3.63) is 28.8 Å². The predicted octanol–water partition coefficient (Wildman–Crippen LogP) is 2.45. The van der Waals surface area contributed by atoms with Gasteiger partial charge in [-0.2, -0.15) is 0 Å². The number of amides is 1. The molecule has 0 spiro atoms. The Morgan fingerprint density at radius 2 is 2.05 bits per heavy atom. The quantitative estimate of drug-likeness (QED) is 0.702. The number of carbonyl (C=O) groups is 1. The number of hydrogen-bond donors (Lipinski definition) is 3. The van der Waals surface area contributed by atoms with Gasteiger partial charge in [0.15, 0.2) is 0 Å². The Balaban J connectivity index is 2.60. The van der Waals surface area contributed by atoms with E-state index in [2.05, 4.69) is 5.32 Å². The van der Waals surface area contributed by atoms with Gasteiger partial charge in [0.05, 0.1) is 11.7 Å². The number of nitrogens with two attached hydrogens (primary N) is 1. The van der Waals surface area contributed by atoms with Gasteiger partial charge in [-0.15, -0.1) is 0 Å². The maximum atomic E-state index is 11.9. The highest BCUT2D eigenvalue weighted by atomic mass is 35.5. The van der Waals surface area contributed by atoms with Gasteiger partial charge in [-0.3, -0.25) is 4.79 Å². The molecule has 4 nitrogen and oxygen atoms in total. The summed E-state index contributed by atoms with van der Waals surface area (Å²) in [5.41, 5.74) is 6.44. The SMILES string of the molecule is CCC(CC)C(O)CNC(=O)c1ccc(Cl)cc1N. The number of rotatable bonds is 6. The van der Waals surface area contributed by atoms with Crippen molar-refractivity contribution in [2.24, 2.45) is 5.92 Å². The second-order valence-corrected chi connectivity index (χ2v) is 5.02. The van der Waals surface area contributed by atoms with Gasteiger partial charge < -0.3 is 16.2 Å². The van der Waals surface area contributed by atoms with Crippen molar-refractivity contribution in [1.82, 2.24) is 5.32 Å². The summed E-state index contributed by atoms with van der Waals surface area (Å²) in [6.45, 7) is 4.28. The van der Waals surface area contributed by atoms with E-state index in [-0.39, 0.29) is 18.4 Å². The van der Waals surface area contributed by atoms with Crippen LogP contribution in [0.3, 0.4) is 0 Å². The van der Waals surface area contributed by atoms with Crippen LogP contribution in [0.4, 0.5) is 5.69 Å². The van der Waals surface area contributed by atoms with Gasteiger partial charge in [-0.05, 0) is 24.1 Å². The van der Waals surface area contributed by atoms with E-state index >= 15 is 0 Å². The molecule has 0 fully saturated rings. The van der Waals surface area contributed by atoms with Crippen LogP contribution in [-0.2, 0) is 0 Å². The van der Waals surface area contributed by atoms with Crippen molar-refractivity contribution in [3.63, 3.8) is 0 Å². The number of nitrogen functional groups attached to an aromatic ring is 1. The fraction of sp³-hybridized carbons (Fsp3) is 0.500. The summed E-state index contributed by atoms with van der Waals surface area (Å²) in [5.74, 6) is -0.0953. The first-order valence-corrected chi connectivity index (χ1v) is 6.88. The molecule has 0 radical (unpaired) electrons. The minimum absolute atomic E-state index is 0.197. The molecule has 0 bridgehead atoms. The van der Waals surface area contributed by atoms with Gasteiger partial charge in [0.25, 0.3) is 5.91 Å². The van der Waals surface area contributed by atoms with Gasteiger partial charge in [0, 0.05) is 17.3 Å². The summed E-state index contributed by atoms with van der Waals surface area (Å²) >= 11 is 5.78. The number of anilines is 1. The molecular weight excluding hydrogens is 264 g/mol. The topological polar surface area (TPSA) is 75.3 Å². The normalized spacial score (nSPS) is 12.5. The molecule has 1 atom stereocenters. The Morgan fingerprint density at radius 1 is 1.42 bits per heavy atom. The lowest BCUT2D eigenvalue weighted by Crippen LogP contribution is -2.36. The molecule has 1 unspecified atom stereocenters. The lowest BCUT2D eigenvalue weighted by Gasteiger charge is -2.20. The monoisotopic (exact) mass is 284 g/mol. The average Bonchev–Trinajstić information content (AvgIpc) is 2.37. The van der Waals surface area contributed by atoms with Gasteiger partial charge in [-0.25, -0.2) is 0 Å². The van der Waals surface area contributed by atoms with Crippen LogP contribution in [0, 0.1) is 5.92 Å². The molecule has 0 aliphatic rings. The van der Waals surface area contributed by atoms with E-state index in [0.29, 0.717) is 16.3 Å². The van der Waals surface area contributed by atoms with Crippen LogP contribution in [0.2, 0.25) is 5.02 Å². The van der Waals surface area contributed by atoms with E-state index in [1.807, 2.05) is 13.8 Å². The van der Waals surface area contributed by atoms with Gasteiger partial charge in [0.1, 0.15) is 0 Å². The summed E-state index contributed by atoms with van der Waals surface area (Å²) in [4.78, 5) is 11.9. The van der Waals surface area contributed by atoms with E-state index in [9.17, 15) is 9.90 Å². The van der Waals surface area contributed by atoms with E-state index in [4.69, 9.17) is 17.3 Å². The molecule has 4 N–H and O–H groups in total. The number of aliphatic hydroxyl groups is 1. The molecule has 19 heavy (non-hydrogen) atoms. The van der Waals surface area contributed by atoms with Crippen molar-refractivity contribution in [2.75, 3.05) is 12.3 Å². The molecular formula is C14H21ClN2O2. The van der Waals surface area contributed by atoms with Crippen molar-refractivity contribution in [1.29, 1.82) is 0 Å². The van der Waals surface area contributed by atoms with Crippen LogP contribution in [0.25, 0.3) is 0 Å². The number of aliphatic hydroxyl groups excluding tert-OH is 1. The first-order valence-electron chi connectivity index (χ1n) is 6.50. The number of hydrogen-bond acceptors (Lipinski definition) is 3. The Labute approximate surface area is 118 Å². The van der Waals surface area contributed by atoms with Crippen molar-refractivity contribution in [2.45, 2.75) is 32.8 Å². The van der Waals surface area contributed by atoms with Gasteiger partial charge in [0.2, 0.25) is 0 Å². The van der Waals surface area contributed by atoms with Crippen molar-refractivity contribution < 1.29 is 9.90 Å². The number of halogens is 1. The number of carbonyl (C=O) groups excluding carboxylic acids is 1. The van der Waals surface area contributed by atoms with Crippen LogP contribution in [0.5, 0.6) is 0 Å². The molecule has 0 saturated carbocycles. The van der Waals surface area contributed by atoms with Crippen LogP contribution >= 0.6 is 11.6 Å². The highest BCUT2D eigenvalue weighted by Gasteiger charge is 2.17. The molecule has 0 heterocycles. The zero-order valence-corrected chi connectivity index (χ0v) is 12.1. The minimum atomic E-state index is -0.535. The fourth-order valence-electron chi connectivity index (χ4n) is 2.03. The minimum Gasteiger partial charge on any atom is -0.398 e. The second kappa shape index (κ2) is 7.36. The van der Waals surface area contributed by atoms with E-state index in [1.54, 1.807) is 12.1 Å². The highest BCUT2D eigenvalue weighted by Crippen LogP contribution is 2.18. The summed E-state index contributed by atoms with van der Waals surface area (Å²) < 4.78 is 0. The number of benzene rings is 1. The third-order valence-corrected chi connectivity index (χ3v) is 3.56. The summed E-state index contributed by atoms with van der Waals surface area (Å²) in [7, 11) is 0. The molecule has 0 aliphatic heterocycles. The van der Waals surface area contributed by atoms with Crippen LogP contribution in [-0.4, -0.2) is 23.7 Å². The van der Waals surface area contributed by atoms with E-state index < -0.39 is 6.10 Å².